The van der Waals surface area contributed by atoms with Gasteiger partial charge in [-0.05, 0) is 79.6 Å². The molecule has 8 heteroatoms. The predicted molar refractivity (Wildman–Crippen MR) is 131 cm³/mol. The number of imide groups is 1. The average Bonchev–Trinajstić information content (AvgIpc) is 3.01. The number of nitrogens with one attached hydrogen (secondary N) is 2. The summed E-state index contributed by atoms with van der Waals surface area (Å²) in [4.78, 5) is 39.3. The van der Waals surface area contributed by atoms with Crippen LogP contribution < -0.4 is 15.5 Å². The Bertz CT molecular complexity index is 1300. The maximum absolute atomic E-state index is 13.0. The first-order valence-electron chi connectivity index (χ1n) is 10.0. The van der Waals surface area contributed by atoms with Crippen LogP contribution in [0.5, 0.6) is 0 Å². The molecule has 0 fully saturated rings. The number of nitrogens with zero attached hydrogens (tertiary/aromatic N) is 1. The number of rotatable bonds is 5. The van der Waals surface area contributed by atoms with Gasteiger partial charge in [-0.1, -0.05) is 35.3 Å². The van der Waals surface area contributed by atoms with Gasteiger partial charge < -0.3 is 10.6 Å². The van der Waals surface area contributed by atoms with Crippen LogP contribution in [0, 0.1) is 13.8 Å². The molecule has 0 bridgehead atoms. The molecule has 166 valence electrons. The van der Waals surface area contributed by atoms with Gasteiger partial charge in [0.05, 0.1) is 5.69 Å². The Balaban J connectivity index is 1.50. The Morgan fingerprint density at radius 2 is 1.45 bits per heavy atom. The molecule has 6 nitrogen and oxygen atoms in total. The third-order valence-electron chi connectivity index (χ3n) is 5.36. The number of hydrogen-bond acceptors (Lipinski definition) is 4. The summed E-state index contributed by atoms with van der Waals surface area (Å²) in [6.07, 6.45) is 0. The van der Waals surface area contributed by atoms with E-state index in [1.807, 2.05) is 19.9 Å². The highest BCUT2D eigenvalue weighted by atomic mass is 35.5. The molecule has 0 spiro atoms. The lowest BCUT2D eigenvalue weighted by atomic mass is 10.1. The van der Waals surface area contributed by atoms with Crippen molar-refractivity contribution in [2.45, 2.75) is 13.8 Å². The number of amides is 3. The molecule has 1 aliphatic rings. The molecule has 3 aromatic carbocycles. The molecule has 2 N–H and O–H groups in total. The minimum atomic E-state index is -0.586. The second-order valence-corrected chi connectivity index (χ2v) is 8.33. The van der Waals surface area contributed by atoms with Gasteiger partial charge in [-0.3, -0.25) is 14.4 Å². The molecule has 1 heterocycles. The zero-order chi connectivity index (χ0) is 23.7. The molecule has 0 aliphatic carbocycles. The van der Waals surface area contributed by atoms with Gasteiger partial charge in [-0.25, -0.2) is 4.90 Å². The van der Waals surface area contributed by atoms with Crippen molar-refractivity contribution < 1.29 is 14.4 Å². The Labute approximate surface area is 200 Å². The number of anilines is 3. The van der Waals surface area contributed by atoms with E-state index in [-0.39, 0.29) is 16.6 Å². The summed E-state index contributed by atoms with van der Waals surface area (Å²) in [5.41, 5.74) is 3.80. The summed E-state index contributed by atoms with van der Waals surface area (Å²) in [7, 11) is 0. The van der Waals surface area contributed by atoms with E-state index < -0.39 is 11.8 Å². The predicted octanol–water partition coefficient (Wildman–Crippen LogP) is 5.64. The van der Waals surface area contributed by atoms with E-state index >= 15 is 0 Å². The highest BCUT2D eigenvalue weighted by Crippen LogP contribution is 2.33. The molecule has 1 aliphatic heterocycles. The third kappa shape index (κ3) is 4.49. The van der Waals surface area contributed by atoms with E-state index in [2.05, 4.69) is 10.6 Å². The summed E-state index contributed by atoms with van der Waals surface area (Å²) >= 11 is 12.1. The van der Waals surface area contributed by atoms with E-state index in [1.54, 1.807) is 60.7 Å². The van der Waals surface area contributed by atoms with Gasteiger partial charge in [0.1, 0.15) is 10.7 Å². The number of hydrogen-bond donors (Lipinski definition) is 2. The third-order valence-corrected chi connectivity index (χ3v) is 5.97. The molecule has 0 saturated heterocycles. The Kier molecular flexibility index (Phi) is 6.22. The second-order valence-electron chi connectivity index (χ2n) is 7.52. The van der Waals surface area contributed by atoms with Crippen molar-refractivity contribution in [3.8, 4) is 0 Å². The normalized spacial score (nSPS) is 13.5. The fourth-order valence-electron chi connectivity index (χ4n) is 3.39. The first kappa shape index (κ1) is 22.6. The summed E-state index contributed by atoms with van der Waals surface area (Å²) < 4.78 is 0. The number of aryl methyl sites for hydroxylation is 1. The van der Waals surface area contributed by atoms with Crippen molar-refractivity contribution in [3.63, 3.8) is 0 Å². The zero-order valence-electron chi connectivity index (χ0n) is 17.8. The lowest BCUT2D eigenvalue weighted by molar-refractivity contribution is -0.120. The first-order valence-corrected chi connectivity index (χ1v) is 10.8. The molecule has 0 aromatic heterocycles. The maximum atomic E-state index is 13.0. The summed E-state index contributed by atoms with van der Waals surface area (Å²) in [5, 5.41) is 6.08. The largest absolute Gasteiger partial charge is 0.350 e. The van der Waals surface area contributed by atoms with E-state index in [9.17, 15) is 14.4 Å². The Hall–Kier alpha value is -3.61. The molecule has 0 atom stereocenters. The van der Waals surface area contributed by atoms with Crippen molar-refractivity contribution >= 4 is 58.0 Å². The molecular weight excluding hydrogens is 461 g/mol. The van der Waals surface area contributed by atoms with Crippen LogP contribution in [0.3, 0.4) is 0 Å². The van der Waals surface area contributed by atoms with E-state index in [0.29, 0.717) is 27.6 Å². The standard InChI is InChI=1S/C25H19Cl2N3O3/c1-14-4-3-5-20(15(14)2)30-24(32)21(27)22(25(30)33)28-18-10-6-16(7-11-18)23(31)29-19-12-8-17(26)9-13-19/h3-13,28H,1-2H3,(H,29,31). The van der Waals surface area contributed by atoms with Crippen molar-refractivity contribution in [1.29, 1.82) is 0 Å². The van der Waals surface area contributed by atoms with Crippen LogP contribution in [0.15, 0.2) is 77.5 Å². The van der Waals surface area contributed by atoms with Crippen LogP contribution in [-0.4, -0.2) is 17.7 Å². The van der Waals surface area contributed by atoms with Crippen molar-refractivity contribution in [2.24, 2.45) is 0 Å². The van der Waals surface area contributed by atoms with Gasteiger partial charge >= 0.3 is 0 Å². The number of carbonyl (C=O) groups is 3. The Morgan fingerprint density at radius 3 is 2.12 bits per heavy atom. The summed E-state index contributed by atoms with van der Waals surface area (Å²) in [6.45, 7) is 3.75. The molecule has 4 rings (SSSR count). The maximum Gasteiger partial charge on any atom is 0.283 e. The number of carbonyl (C=O) groups excluding carboxylic acids is 3. The molecule has 33 heavy (non-hydrogen) atoms. The van der Waals surface area contributed by atoms with Crippen LogP contribution in [-0.2, 0) is 9.59 Å². The van der Waals surface area contributed by atoms with Gasteiger partial charge in [0.15, 0.2) is 0 Å². The smallest absolute Gasteiger partial charge is 0.283 e. The van der Waals surface area contributed by atoms with E-state index in [4.69, 9.17) is 23.2 Å². The SMILES string of the molecule is Cc1cccc(N2C(=O)C(Cl)=C(Nc3ccc(C(=O)Nc4ccc(Cl)cc4)cc3)C2=O)c1C. The van der Waals surface area contributed by atoms with Gasteiger partial charge in [0, 0.05) is 22.0 Å². The molecule has 0 saturated carbocycles. The lowest BCUT2D eigenvalue weighted by Gasteiger charge is -2.18. The molecule has 0 radical (unpaired) electrons. The minimum absolute atomic E-state index is 0.0130. The van der Waals surface area contributed by atoms with Crippen LogP contribution in [0.1, 0.15) is 21.5 Å². The summed E-state index contributed by atoms with van der Waals surface area (Å²) in [5.74, 6) is -1.42. The molecular formula is C25H19Cl2N3O3. The molecule has 0 unspecified atom stereocenters. The van der Waals surface area contributed by atoms with E-state index in [1.165, 1.54) is 0 Å². The monoisotopic (exact) mass is 479 g/mol. The quantitative estimate of drug-likeness (QED) is 0.463. The van der Waals surface area contributed by atoms with Crippen LogP contribution in [0.4, 0.5) is 17.1 Å². The minimum Gasteiger partial charge on any atom is -0.350 e. The van der Waals surface area contributed by atoms with E-state index in [0.717, 1.165) is 16.0 Å². The van der Waals surface area contributed by atoms with Crippen molar-refractivity contribution in [1.82, 2.24) is 0 Å². The lowest BCUT2D eigenvalue weighted by Crippen LogP contribution is -2.33. The van der Waals surface area contributed by atoms with Crippen LogP contribution >= 0.6 is 23.2 Å². The number of halogens is 2. The molecule has 3 aromatic rings. The summed E-state index contributed by atoms with van der Waals surface area (Å²) in [6, 6.07) is 18.6. The highest BCUT2D eigenvalue weighted by molar-refractivity contribution is 6.53. The van der Waals surface area contributed by atoms with Gasteiger partial charge in [-0.2, -0.15) is 0 Å². The number of benzene rings is 3. The highest BCUT2D eigenvalue weighted by Gasteiger charge is 2.39. The average molecular weight is 480 g/mol. The van der Waals surface area contributed by atoms with Crippen LogP contribution in [0.2, 0.25) is 5.02 Å². The second kappa shape index (κ2) is 9.10. The fraction of sp³-hybridized carbons (Fsp3) is 0.0800. The molecule has 3 amide bonds. The Morgan fingerprint density at radius 1 is 0.818 bits per heavy atom. The zero-order valence-corrected chi connectivity index (χ0v) is 19.3. The van der Waals surface area contributed by atoms with Gasteiger partial charge in [0.25, 0.3) is 17.7 Å². The van der Waals surface area contributed by atoms with Crippen molar-refractivity contribution in [2.75, 3.05) is 15.5 Å². The van der Waals surface area contributed by atoms with Gasteiger partial charge in [0.2, 0.25) is 0 Å². The van der Waals surface area contributed by atoms with Crippen LogP contribution in [0.25, 0.3) is 0 Å². The van der Waals surface area contributed by atoms with Crippen molar-refractivity contribution in [3.05, 3.63) is 99.2 Å². The first-order chi connectivity index (χ1) is 15.8. The fourth-order valence-corrected chi connectivity index (χ4v) is 3.73. The van der Waals surface area contributed by atoms with Gasteiger partial charge in [-0.15, -0.1) is 0 Å². The topological polar surface area (TPSA) is 78.5 Å².